The first-order chi connectivity index (χ1) is 8.80. The first kappa shape index (κ1) is 16.8. The van der Waals surface area contributed by atoms with Crippen LogP contribution in [0, 0.1) is 0 Å². The Labute approximate surface area is 119 Å². The van der Waals surface area contributed by atoms with E-state index >= 15 is 0 Å². The van der Waals surface area contributed by atoms with Crippen molar-refractivity contribution in [2.75, 3.05) is 18.4 Å². The van der Waals surface area contributed by atoms with Crippen LogP contribution in [-0.4, -0.2) is 46.1 Å². The van der Waals surface area contributed by atoms with Gasteiger partial charge in [0.05, 0.1) is 0 Å². The van der Waals surface area contributed by atoms with Crippen molar-refractivity contribution < 1.29 is 23.1 Å². The van der Waals surface area contributed by atoms with Gasteiger partial charge in [-0.1, -0.05) is 15.9 Å². The highest BCUT2D eigenvalue weighted by Crippen LogP contribution is 2.38. The molecule has 1 fully saturated rings. The molecule has 0 radical (unpaired) electrons. The highest BCUT2D eigenvalue weighted by Gasteiger charge is 2.53. The van der Waals surface area contributed by atoms with Crippen LogP contribution in [0.25, 0.3) is 0 Å². The van der Waals surface area contributed by atoms with Crippen LogP contribution in [0.2, 0.25) is 0 Å². The Morgan fingerprint density at radius 2 is 1.95 bits per heavy atom. The number of hydrogen-bond acceptors (Lipinski definition) is 2. The van der Waals surface area contributed by atoms with Crippen LogP contribution in [0.3, 0.4) is 0 Å². The molecule has 1 amide bonds. The number of aliphatic hydroxyl groups is 1. The van der Waals surface area contributed by atoms with Crippen LogP contribution in [-0.2, 0) is 4.79 Å². The average Bonchev–Trinajstić information content (AvgIpc) is 2.52. The van der Waals surface area contributed by atoms with Gasteiger partial charge in [0, 0.05) is 31.3 Å². The summed E-state index contributed by atoms with van der Waals surface area (Å²) in [7, 11) is 0. The van der Waals surface area contributed by atoms with Gasteiger partial charge in [-0.15, -0.1) is 0 Å². The maximum absolute atomic E-state index is 12.7. The van der Waals surface area contributed by atoms with E-state index in [1.54, 1.807) is 0 Å². The number of halogens is 4. The van der Waals surface area contributed by atoms with Crippen LogP contribution in [0.5, 0.6) is 0 Å². The lowest BCUT2D eigenvalue weighted by molar-refractivity contribution is -0.263. The molecule has 1 saturated heterocycles. The second-order valence-electron chi connectivity index (χ2n) is 4.91. The van der Waals surface area contributed by atoms with Gasteiger partial charge >= 0.3 is 6.18 Å². The number of nitrogens with zero attached hydrogens (tertiary/aromatic N) is 1. The molecular weight excluding hydrogens is 327 g/mol. The summed E-state index contributed by atoms with van der Waals surface area (Å²) in [4.78, 5) is 13.3. The topological polar surface area (TPSA) is 40.5 Å². The van der Waals surface area contributed by atoms with E-state index < -0.39 is 18.2 Å². The van der Waals surface area contributed by atoms with Crippen molar-refractivity contribution in [3.05, 3.63) is 0 Å². The van der Waals surface area contributed by atoms with E-state index in [0.29, 0.717) is 13.0 Å². The third-order valence-corrected chi connectivity index (χ3v) is 4.03. The summed E-state index contributed by atoms with van der Waals surface area (Å²) >= 11 is 3.26. The molecule has 112 valence electrons. The van der Waals surface area contributed by atoms with E-state index in [-0.39, 0.29) is 25.3 Å². The monoisotopic (exact) mass is 345 g/mol. The van der Waals surface area contributed by atoms with E-state index in [4.69, 9.17) is 0 Å². The van der Waals surface area contributed by atoms with Crippen molar-refractivity contribution in [3.63, 3.8) is 0 Å². The highest BCUT2D eigenvalue weighted by molar-refractivity contribution is 9.09. The number of rotatable bonds is 4. The largest absolute Gasteiger partial charge is 0.417 e. The zero-order chi connectivity index (χ0) is 14.5. The minimum absolute atomic E-state index is 0.0246. The molecule has 0 bridgehead atoms. The van der Waals surface area contributed by atoms with Crippen molar-refractivity contribution in [2.45, 2.75) is 50.3 Å². The van der Waals surface area contributed by atoms with Gasteiger partial charge in [0.25, 0.3) is 0 Å². The summed E-state index contributed by atoms with van der Waals surface area (Å²) in [6, 6.07) is 0. The molecule has 0 spiro atoms. The molecule has 0 saturated carbocycles. The van der Waals surface area contributed by atoms with E-state index in [9.17, 15) is 23.1 Å². The molecule has 0 aliphatic carbocycles. The Hall–Kier alpha value is -0.300. The van der Waals surface area contributed by atoms with E-state index in [0.717, 1.165) is 18.2 Å². The van der Waals surface area contributed by atoms with Crippen LogP contribution in [0.1, 0.15) is 38.5 Å². The smallest absolute Gasteiger partial charge is 0.380 e. The molecule has 1 aliphatic heterocycles. The molecule has 19 heavy (non-hydrogen) atoms. The van der Waals surface area contributed by atoms with Crippen molar-refractivity contribution in [1.82, 2.24) is 4.90 Å². The minimum Gasteiger partial charge on any atom is -0.380 e. The number of carbonyl (C=O) groups excluding carboxylic acids is 1. The first-order valence-electron chi connectivity index (χ1n) is 6.43. The zero-order valence-electron chi connectivity index (χ0n) is 10.7. The molecule has 1 unspecified atom stereocenters. The molecule has 0 aromatic heterocycles. The van der Waals surface area contributed by atoms with Gasteiger partial charge in [0.2, 0.25) is 5.91 Å². The van der Waals surface area contributed by atoms with Gasteiger partial charge in [-0.3, -0.25) is 4.79 Å². The Morgan fingerprint density at radius 1 is 1.26 bits per heavy atom. The summed E-state index contributed by atoms with van der Waals surface area (Å²) in [6.07, 6.45) is -3.25. The number of unbranched alkanes of at least 4 members (excludes halogenated alkanes) is 1. The quantitative estimate of drug-likeness (QED) is 0.628. The summed E-state index contributed by atoms with van der Waals surface area (Å²) < 4.78 is 38.2. The number of hydrogen-bond donors (Lipinski definition) is 1. The number of carbonyl (C=O) groups is 1. The normalized spacial score (nSPS) is 25.2. The molecule has 1 atom stereocenters. The molecule has 7 heteroatoms. The number of likely N-dealkylation sites (tertiary alicyclic amines) is 1. The molecular formula is C12H19BrF3NO2. The van der Waals surface area contributed by atoms with Gasteiger partial charge in [0.1, 0.15) is 0 Å². The van der Waals surface area contributed by atoms with Crippen molar-refractivity contribution >= 4 is 21.8 Å². The third-order valence-electron chi connectivity index (χ3n) is 3.47. The summed E-state index contributed by atoms with van der Waals surface area (Å²) in [6.45, 7) is 0.273. The van der Waals surface area contributed by atoms with Crippen LogP contribution < -0.4 is 0 Å². The second kappa shape index (κ2) is 6.92. The fourth-order valence-electron chi connectivity index (χ4n) is 2.18. The molecule has 0 aromatic carbocycles. The standard InChI is InChI=1S/C12H19BrF3NO2/c13-7-2-1-4-10(18)17-8-3-5-11(19,6-9-17)12(14,15)16/h19H,1-9H2. The Morgan fingerprint density at radius 3 is 2.53 bits per heavy atom. The van der Waals surface area contributed by atoms with Gasteiger partial charge < -0.3 is 10.0 Å². The highest BCUT2D eigenvalue weighted by atomic mass is 79.9. The summed E-state index contributed by atoms with van der Waals surface area (Å²) in [5.41, 5.74) is -2.64. The summed E-state index contributed by atoms with van der Waals surface area (Å²) in [5, 5.41) is 10.4. The van der Waals surface area contributed by atoms with E-state index in [2.05, 4.69) is 15.9 Å². The molecule has 3 nitrogen and oxygen atoms in total. The minimum atomic E-state index is -4.62. The van der Waals surface area contributed by atoms with Gasteiger partial charge in [0.15, 0.2) is 5.60 Å². The SMILES string of the molecule is O=C(CCCCBr)N1CCCC(O)(C(F)(F)F)CC1. The summed E-state index contributed by atoms with van der Waals surface area (Å²) in [5.74, 6) is -0.118. The zero-order valence-corrected chi connectivity index (χ0v) is 12.3. The average molecular weight is 346 g/mol. The molecule has 1 aliphatic rings. The van der Waals surface area contributed by atoms with Crippen LogP contribution >= 0.6 is 15.9 Å². The molecule has 0 aromatic rings. The maximum Gasteiger partial charge on any atom is 0.417 e. The van der Waals surface area contributed by atoms with Crippen molar-refractivity contribution in [3.8, 4) is 0 Å². The second-order valence-corrected chi connectivity index (χ2v) is 5.70. The maximum atomic E-state index is 12.7. The van der Waals surface area contributed by atoms with Gasteiger partial charge in [-0.25, -0.2) is 0 Å². The Bertz CT molecular complexity index is 312. The number of amides is 1. The fraction of sp³-hybridized carbons (Fsp3) is 0.917. The predicted octanol–water partition coefficient (Wildman–Crippen LogP) is 2.86. The lowest BCUT2D eigenvalue weighted by atomic mass is 9.94. The molecule has 1 heterocycles. The Balaban J connectivity index is 2.52. The first-order valence-corrected chi connectivity index (χ1v) is 7.55. The van der Waals surface area contributed by atoms with Crippen LogP contribution in [0.15, 0.2) is 0 Å². The predicted molar refractivity (Wildman–Crippen MR) is 69.1 cm³/mol. The van der Waals surface area contributed by atoms with Crippen molar-refractivity contribution in [2.24, 2.45) is 0 Å². The fourth-order valence-corrected chi connectivity index (χ4v) is 2.58. The lowest BCUT2D eigenvalue weighted by Crippen LogP contribution is -2.46. The van der Waals surface area contributed by atoms with E-state index in [1.807, 2.05) is 0 Å². The lowest BCUT2D eigenvalue weighted by Gasteiger charge is -2.29. The van der Waals surface area contributed by atoms with Gasteiger partial charge in [-0.05, 0) is 25.7 Å². The van der Waals surface area contributed by atoms with E-state index in [1.165, 1.54) is 4.90 Å². The van der Waals surface area contributed by atoms with Crippen molar-refractivity contribution in [1.29, 1.82) is 0 Å². The Kier molecular flexibility index (Phi) is 6.11. The van der Waals surface area contributed by atoms with Gasteiger partial charge in [-0.2, -0.15) is 13.2 Å². The molecule has 1 rings (SSSR count). The van der Waals surface area contributed by atoms with Crippen LogP contribution in [0.4, 0.5) is 13.2 Å². The number of alkyl halides is 4. The third kappa shape index (κ3) is 4.63. The molecule has 1 N–H and O–H groups in total.